The van der Waals surface area contributed by atoms with Crippen LogP contribution in [0.2, 0.25) is 0 Å². The molecule has 0 aliphatic heterocycles. The Labute approximate surface area is 114 Å². The molecular formula is C16H19NO2. The van der Waals surface area contributed by atoms with Crippen LogP contribution in [-0.2, 0) is 9.53 Å². The van der Waals surface area contributed by atoms with Crippen LogP contribution >= 0.6 is 0 Å². The van der Waals surface area contributed by atoms with Gasteiger partial charge in [-0.1, -0.05) is 44.2 Å². The zero-order valence-electron chi connectivity index (χ0n) is 11.6. The number of rotatable bonds is 5. The Bertz CT molecular complexity index is 497. The molecule has 0 spiro atoms. The summed E-state index contributed by atoms with van der Waals surface area (Å²) in [6, 6.07) is 9.88. The van der Waals surface area contributed by atoms with Gasteiger partial charge < -0.3 is 4.74 Å². The van der Waals surface area contributed by atoms with Gasteiger partial charge in [0.05, 0.1) is 13.2 Å². The number of carbonyl (C=O) groups excluding carboxylic acids is 1. The van der Waals surface area contributed by atoms with E-state index < -0.39 is 5.97 Å². The molecule has 19 heavy (non-hydrogen) atoms. The zero-order valence-corrected chi connectivity index (χ0v) is 11.6. The number of nitrogens with zero attached hydrogens (tertiary/aromatic N) is 1. The van der Waals surface area contributed by atoms with E-state index in [4.69, 9.17) is 11.3 Å². The predicted octanol–water partition coefficient (Wildman–Crippen LogP) is 3.94. The molecule has 0 fully saturated rings. The zero-order chi connectivity index (χ0) is 14.3. The number of benzene rings is 1. The molecule has 3 heteroatoms. The minimum atomic E-state index is -0.517. The summed E-state index contributed by atoms with van der Waals surface area (Å²) in [5, 5.41) is 0. The van der Waals surface area contributed by atoms with Crippen molar-refractivity contribution in [2.45, 2.75) is 33.1 Å². The summed E-state index contributed by atoms with van der Waals surface area (Å²) in [6.45, 7) is 13.2. The van der Waals surface area contributed by atoms with Crippen molar-refractivity contribution in [2.24, 2.45) is 0 Å². The van der Waals surface area contributed by atoms with Crippen molar-refractivity contribution < 1.29 is 9.53 Å². The third-order valence-electron chi connectivity index (χ3n) is 3.09. The molecular weight excluding hydrogens is 238 g/mol. The lowest BCUT2D eigenvalue weighted by molar-refractivity contribution is -0.138. The monoisotopic (exact) mass is 257 g/mol. The molecule has 1 unspecified atom stereocenters. The highest BCUT2D eigenvalue weighted by Gasteiger charge is 2.21. The first-order chi connectivity index (χ1) is 9.15. The number of carbonyl (C=O) groups is 1. The Kier molecular flexibility index (Phi) is 5.81. The highest BCUT2D eigenvalue weighted by Crippen LogP contribution is 2.29. The fourth-order valence-corrected chi connectivity index (χ4v) is 2.07. The van der Waals surface area contributed by atoms with Crippen molar-refractivity contribution in [1.82, 2.24) is 0 Å². The van der Waals surface area contributed by atoms with Crippen molar-refractivity contribution in [2.75, 3.05) is 6.61 Å². The number of ether oxygens (including phenoxy) is 1. The second kappa shape index (κ2) is 7.38. The average molecular weight is 257 g/mol. The van der Waals surface area contributed by atoms with Crippen LogP contribution in [0.1, 0.15) is 38.7 Å². The van der Waals surface area contributed by atoms with Crippen molar-refractivity contribution >= 4 is 5.97 Å². The number of allylic oxidation sites excluding steroid dienone is 1. The molecule has 1 atom stereocenters. The standard InChI is InChI=1S/C16H19NO2/c1-5-14(15(17-4)16(18)19-6-2)12(3)13-10-8-7-9-11-13/h7-12H,5-6H2,1-3H3. The molecule has 1 aromatic rings. The predicted molar refractivity (Wildman–Crippen MR) is 75.4 cm³/mol. The van der Waals surface area contributed by atoms with E-state index in [-0.39, 0.29) is 18.2 Å². The molecule has 0 radical (unpaired) electrons. The summed E-state index contributed by atoms with van der Waals surface area (Å²) in [4.78, 5) is 15.2. The van der Waals surface area contributed by atoms with E-state index >= 15 is 0 Å². The van der Waals surface area contributed by atoms with Gasteiger partial charge >= 0.3 is 5.97 Å². The van der Waals surface area contributed by atoms with Crippen molar-refractivity contribution in [3.05, 3.63) is 58.6 Å². The smallest absolute Gasteiger partial charge is 0.336 e. The van der Waals surface area contributed by atoms with E-state index in [2.05, 4.69) is 4.85 Å². The summed E-state index contributed by atoms with van der Waals surface area (Å²) in [5.74, 6) is -0.475. The quantitative estimate of drug-likeness (QED) is 0.454. The molecule has 0 saturated carbocycles. The molecule has 0 aliphatic carbocycles. The van der Waals surface area contributed by atoms with Crippen molar-refractivity contribution in [3.63, 3.8) is 0 Å². The lowest BCUT2D eigenvalue weighted by Crippen LogP contribution is -2.10. The van der Waals surface area contributed by atoms with Crippen molar-refractivity contribution in [3.8, 4) is 0 Å². The van der Waals surface area contributed by atoms with E-state index in [9.17, 15) is 4.79 Å². The minimum Gasteiger partial charge on any atom is -0.471 e. The molecule has 0 aromatic heterocycles. The molecule has 0 amide bonds. The lowest BCUT2D eigenvalue weighted by Gasteiger charge is -2.17. The van der Waals surface area contributed by atoms with Gasteiger partial charge in [0, 0.05) is 0 Å². The van der Waals surface area contributed by atoms with Gasteiger partial charge in [0.1, 0.15) is 0 Å². The molecule has 0 aliphatic rings. The highest BCUT2D eigenvalue weighted by atomic mass is 16.5. The maximum absolute atomic E-state index is 11.8. The topological polar surface area (TPSA) is 30.7 Å². The normalized spacial score (nSPS) is 13.2. The Morgan fingerprint density at radius 2 is 1.95 bits per heavy atom. The summed E-state index contributed by atoms with van der Waals surface area (Å²) < 4.78 is 4.95. The first-order valence-electron chi connectivity index (χ1n) is 6.48. The van der Waals surface area contributed by atoms with Gasteiger partial charge in [-0.2, -0.15) is 0 Å². The van der Waals surface area contributed by atoms with E-state index in [1.54, 1.807) is 6.92 Å². The molecule has 0 N–H and O–H groups in total. The Morgan fingerprint density at radius 1 is 1.32 bits per heavy atom. The molecule has 100 valence electrons. The first kappa shape index (κ1) is 15.0. The van der Waals surface area contributed by atoms with Crippen molar-refractivity contribution in [1.29, 1.82) is 0 Å². The molecule has 1 rings (SSSR count). The van der Waals surface area contributed by atoms with Crippen LogP contribution < -0.4 is 0 Å². The lowest BCUT2D eigenvalue weighted by atomic mass is 9.90. The fraction of sp³-hybridized carbons (Fsp3) is 0.375. The largest absolute Gasteiger partial charge is 0.471 e. The van der Waals surface area contributed by atoms with E-state index in [0.29, 0.717) is 6.42 Å². The van der Waals surface area contributed by atoms with Crippen LogP contribution in [0.4, 0.5) is 0 Å². The molecule has 0 heterocycles. The second-order valence-corrected chi connectivity index (χ2v) is 4.19. The van der Waals surface area contributed by atoms with Crippen LogP contribution in [0.3, 0.4) is 0 Å². The summed E-state index contributed by atoms with van der Waals surface area (Å²) in [6.07, 6.45) is 0.659. The van der Waals surface area contributed by atoms with E-state index in [0.717, 1.165) is 11.1 Å². The van der Waals surface area contributed by atoms with E-state index in [1.165, 1.54) is 0 Å². The van der Waals surface area contributed by atoms with Crippen LogP contribution in [-0.4, -0.2) is 12.6 Å². The van der Waals surface area contributed by atoms with Gasteiger partial charge in [0.25, 0.3) is 5.70 Å². The molecule has 3 nitrogen and oxygen atoms in total. The third kappa shape index (κ3) is 3.69. The van der Waals surface area contributed by atoms with Crippen LogP contribution in [0.25, 0.3) is 4.85 Å². The SMILES string of the molecule is [C-]#[N+]C(C(=O)OCC)=C(CC)C(C)c1ccccc1. The fourth-order valence-electron chi connectivity index (χ4n) is 2.07. The number of hydrogen-bond acceptors (Lipinski definition) is 2. The maximum atomic E-state index is 11.8. The molecule has 0 bridgehead atoms. The van der Waals surface area contributed by atoms with Crippen LogP contribution in [0.15, 0.2) is 41.6 Å². The summed E-state index contributed by atoms with van der Waals surface area (Å²) in [7, 11) is 0. The number of hydrogen-bond donors (Lipinski definition) is 0. The van der Waals surface area contributed by atoms with Gasteiger partial charge in [-0.3, -0.25) is 4.79 Å². The molecule has 0 saturated heterocycles. The van der Waals surface area contributed by atoms with Gasteiger partial charge in [0.2, 0.25) is 0 Å². The van der Waals surface area contributed by atoms with Gasteiger partial charge in [-0.25, -0.2) is 4.85 Å². The second-order valence-electron chi connectivity index (χ2n) is 4.19. The Balaban J connectivity index is 3.17. The first-order valence-corrected chi connectivity index (χ1v) is 6.48. The van der Waals surface area contributed by atoms with Gasteiger partial charge in [-0.15, -0.1) is 0 Å². The maximum Gasteiger partial charge on any atom is 0.336 e. The Morgan fingerprint density at radius 3 is 2.42 bits per heavy atom. The van der Waals surface area contributed by atoms with Crippen LogP contribution in [0.5, 0.6) is 0 Å². The summed E-state index contributed by atoms with van der Waals surface area (Å²) >= 11 is 0. The van der Waals surface area contributed by atoms with E-state index in [1.807, 2.05) is 44.2 Å². The van der Waals surface area contributed by atoms with Crippen LogP contribution in [0, 0.1) is 6.57 Å². The third-order valence-corrected chi connectivity index (χ3v) is 3.09. The Hall–Kier alpha value is -2.08. The highest BCUT2D eigenvalue weighted by molar-refractivity contribution is 5.91. The molecule has 1 aromatic carbocycles. The number of esters is 1. The minimum absolute atomic E-state index is 0.0414. The summed E-state index contributed by atoms with van der Waals surface area (Å²) in [5.41, 5.74) is 2.06. The van der Waals surface area contributed by atoms with Gasteiger partial charge in [0.15, 0.2) is 0 Å². The average Bonchev–Trinajstić information content (AvgIpc) is 2.45. The van der Waals surface area contributed by atoms with Gasteiger partial charge in [-0.05, 0) is 30.4 Å².